The van der Waals surface area contributed by atoms with Gasteiger partial charge in [0, 0.05) is 0 Å². The van der Waals surface area contributed by atoms with Crippen LogP contribution in [0.15, 0.2) is 0 Å². The Morgan fingerprint density at radius 3 is 2.62 bits per heavy atom. The van der Waals surface area contributed by atoms with Crippen LogP contribution in [0, 0.1) is 0 Å². The highest BCUT2D eigenvalue weighted by atomic mass is 16.5. The lowest BCUT2D eigenvalue weighted by Crippen LogP contribution is -2.17. The van der Waals surface area contributed by atoms with E-state index in [9.17, 15) is 0 Å². The molecule has 13 heavy (non-hydrogen) atoms. The minimum absolute atomic E-state index is 0.0396. The molecule has 0 aliphatic rings. The fourth-order valence-corrected chi connectivity index (χ4v) is 0.733. The van der Waals surface area contributed by atoms with Crippen LogP contribution >= 0.6 is 0 Å². The van der Waals surface area contributed by atoms with Crippen molar-refractivity contribution in [3.05, 3.63) is 0 Å². The van der Waals surface area contributed by atoms with Crippen molar-refractivity contribution < 1.29 is 4.74 Å². The first-order chi connectivity index (χ1) is 6.15. The largest absolute Gasteiger partial charge is 0.460 e. The summed E-state index contributed by atoms with van der Waals surface area (Å²) in [4.78, 5) is 7.43. The molecule has 1 aromatic heterocycles. The molecule has 0 bridgehead atoms. The van der Waals surface area contributed by atoms with Gasteiger partial charge in [-0.3, -0.25) is 5.32 Å². The molecule has 7 heteroatoms. The highest BCUT2D eigenvalue weighted by Gasteiger charge is 2.08. The highest BCUT2D eigenvalue weighted by Crippen LogP contribution is 2.23. The number of hydrogen-bond acceptors (Lipinski definition) is 7. The third kappa shape index (κ3) is 2.09. The van der Waals surface area contributed by atoms with E-state index < -0.39 is 0 Å². The summed E-state index contributed by atoms with van der Waals surface area (Å²) in [5.74, 6) is 0.357. The number of ether oxygens (including phenoxy) is 1. The van der Waals surface area contributed by atoms with E-state index in [-0.39, 0.29) is 30.1 Å². The summed E-state index contributed by atoms with van der Waals surface area (Å²) in [5.41, 5.74) is 16.5. The zero-order valence-corrected chi connectivity index (χ0v) is 7.24. The van der Waals surface area contributed by atoms with Gasteiger partial charge in [-0.15, -0.1) is 0 Å². The molecule has 0 saturated carbocycles. The third-order valence-corrected chi connectivity index (χ3v) is 1.31. The first kappa shape index (κ1) is 9.33. The Morgan fingerprint density at radius 1 is 1.31 bits per heavy atom. The molecular formula is C6H12N6O. The topological polar surface area (TPSA) is 125 Å². The molecule has 0 fully saturated rings. The lowest BCUT2D eigenvalue weighted by molar-refractivity contribution is 0.287. The summed E-state index contributed by atoms with van der Waals surface area (Å²) in [6.07, 6.45) is 0. The van der Waals surface area contributed by atoms with Crippen molar-refractivity contribution >= 4 is 17.5 Å². The molecular weight excluding hydrogens is 172 g/mol. The van der Waals surface area contributed by atoms with Crippen molar-refractivity contribution in [3.8, 4) is 5.88 Å². The van der Waals surface area contributed by atoms with Crippen LogP contribution in [0.4, 0.5) is 17.5 Å². The normalized spacial score (nSPS) is 9.92. The number of aromatic nitrogens is 2. The van der Waals surface area contributed by atoms with Gasteiger partial charge in [0.05, 0.1) is 0 Å². The number of hydrogen-bond donors (Lipinski definition) is 4. The zero-order chi connectivity index (χ0) is 9.84. The molecule has 0 aromatic carbocycles. The summed E-state index contributed by atoms with van der Waals surface area (Å²) in [6.45, 7) is 0.278. The molecule has 7 N–H and O–H groups in total. The van der Waals surface area contributed by atoms with Gasteiger partial charge in [0.2, 0.25) is 11.8 Å². The number of rotatable bonds is 3. The van der Waals surface area contributed by atoms with Crippen LogP contribution in [0.25, 0.3) is 0 Å². The lowest BCUT2D eigenvalue weighted by atomic mass is 10.5. The lowest BCUT2D eigenvalue weighted by Gasteiger charge is -2.08. The van der Waals surface area contributed by atoms with E-state index in [0.29, 0.717) is 0 Å². The van der Waals surface area contributed by atoms with Crippen LogP contribution in [-0.4, -0.2) is 23.7 Å². The molecule has 0 saturated heterocycles. The Kier molecular flexibility index (Phi) is 2.70. The maximum Gasteiger partial charge on any atom is 0.245 e. The molecule has 0 aliphatic carbocycles. The standard InChI is InChI=1S/C6H12N6O/c1-10-2-13-5-3(7)4(8)11-6(9)12-5/h10H,2,7H2,1H3,(H4,8,9,11,12). The van der Waals surface area contributed by atoms with E-state index in [1.165, 1.54) is 0 Å². The van der Waals surface area contributed by atoms with Gasteiger partial charge in [0.1, 0.15) is 12.4 Å². The van der Waals surface area contributed by atoms with Crippen molar-refractivity contribution in [2.45, 2.75) is 0 Å². The first-order valence-electron chi connectivity index (χ1n) is 3.61. The maximum atomic E-state index is 5.53. The van der Waals surface area contributed by atoms with Gasteiger partial charge in [-0.1, -0.05) is 0 Å². The van der Waals surface area contributed by atoms with E-state index in [4.69, 9.17) is 21.9 Å². The van der Waals surface area contributed by atoms with E-state index >= 15 is 0 Å². The van der Waals surface area contributed by atoms with E-state index in [1.807, 2.05) is 0 Å². The Balaban J connectivity index is 2.92. The Labute approximate surface area is 75.3 Å². The molecule has 0 spiro atoms. The SMILES string of the molecule is CNCOc1nc(N)nc(N)c1N. The quantitative estimate of drug-likeness (QED) is 0.434. The average molecular weight is 184 g/mol. The van der Waals surface area contributed by atoms with Crippen LogP contribution in [0.2, 0.25) is 0 Å². The van der Waals surface area contributed by atoms with E-state index in [1.54, 1.807) is 7.05 Å². The number of nitrogen functional groups attached to an aromatic ring is 3. The first-order valence-corrected chi connectivity index (χ1v) is 3.61. The number of nitrogens with two attached hydrogens (primary N) is 3. The molecule has 0 unspecified atom stereocenters. The van der Waals surface area contributed by atoms with Crippen LogP contribution in [-0.2, 0) is 0 Å². The summed E-state index contributed by atoms with van der Waals surface area (Å²) in [5, 5.41) is 2.76. The van der Waals surface area contributed by atoms with Gasteiger partial charge in [0.25, 0.3) is 0 Å². The monoisotopic (exact) mass is 184 g/mol. The molecule has 1 aromatic rings. The average Bonchev–Trinajstić information content (AvgIpc) is 2.09. The van der Waals surface area contributed by atoms with Crippen molar-refractivity contribution in [1.82, 2.24) is 15.3 Å². The smallest absolute Gasteiger partial charge is 0.245 e. The van der Waals surface area contributed by atoms with E-state index in [0.717, 1.165) is 0 Å². The van der Waals surface area contributed by atoms with Crippen molar-refractivity contribution in [2.75, 3.05) is 31.0 Å². The van der Waals surface area contributed by atoms with Crippen LogP contribution < -0.4 is 27.3 Å². The summed E-state index contributed by atoms with van der Waals surface area (Å²) in [7, 11) is 1.73. The van der Waals surface area contributed by atoms with Crippen molar-refractivity contribution in [3.63, 3.8) is 0 Å². The predicted molar refractivity (Wildman–Crippen MR) is 49.8 cm³/mol. The molecule has 0 amide bonds. The van der Waals surface area contributed by atoms with Crippen molar-refractivity contribution in [1.29, 1.82) is 0 Å². The molecule has 0 atom stereocenters. The molecule has 1 rings (SSSR count). The fraction of sp³-hybridized carbons (Fsp3) is 0.333. The van der Waals surface area contributed by atoms with Gasteiger partial charge in [-0.25, -0.2) is 0 Å². The molecule has 0 radical (unpaired) electrons. The number of nitrogens with one attached hydrogen (secondary N) is 1. The number of anilines is 3. The molecule has 72 valence electrons. The number of nitrogens with zero attached hydrogens (tertiary/aromatic N) is 2. The minimum atomic E-state index is 0.0396. The summed E-state index contributed by atoms with van der Waals surface area (Å²) < 4.78 is 5.10. The molecule has 0 aliphatic heterocycles. The van der Waals surface area contributed by atoms with Crippen LogP contribution in [0.1, 0.15) is 0 Å². The molecule has 1 heterocycles. The van der Waals surface area contributed by atoms with Gasteiger partial charge in [0.15, 0.2) is 5.82 Å². The predicted octanol–water partition coefficient (Wildman–Crippen LogP) is -1.22. The maximum absolute atomic E-state index is 5.53. The summed E-state index contributed by atoms with van der Waals surface area (Å²) in [6, 6.07) is 0. The second kappa shape index (κ2) is 3.76. The van der Waals surface area contributed by atoms with Gasteiger partial charge >= 0.3 is 0 Å². The highest BCUT2D eigenvalue weighted by molar-refractivity contribution is 5.65. The second-order valence-electron chi connectivity index (χ2n) is 2.33. The van der Waals surface area contributed by atoms with Crippen molar-refractivity contribution in [2.24, 2.45) is 0 Å². The Bertz CT molecular complexity index is 301. The van der Waals surface area contributed by atoms with Gasteiger partial charge < -0.3 is 21.9 Å². The Hall–Kier alpha value is -1.76. The zero-order valence-electron chi connectivity index (χ0n) is 7.24. The molecule has 7 nitrogen and oxygen atoms in total. The van der Waals surface area contributed by atoms with Crippen LogP contribution in [0.3, 0.4) is 0 Å². The van der Waals surface area contributed by atoms with Gasteiger partial charge in [-0.05, 0) is 7.05 Å². The minimum Gasteiger partial charge on any atom is -0.460 e. The third-order valence-electron chi connectivity index (χ3n) is 1.31. The summed E-state index contributed by atoms with van der Waals surface area (Å²) >= 11 is 0. The second-order valence-corrected chi connectivity index (χ2v) is 2.33. The van der Waals surface area contributed by atoms with E-state index in [2.05, 4.69) is 15.3 Å². The van der Waals surface area contributed by atoms with Crippen LogP contribution in [0.5, 0.6) is 5.88 Å². The van der Waals surface area contributed by atoms with Gasteiger partial charge in [-0.2, -0.15) is 9.97 Å². The fourth-order valence-electron chi connectivity index (χ4n) is 0.733. The Morgan fingerprint density at radius 2 is 2.00 bits per heavy atom.